The molecule has 3 rings (SSSR count). The van der Waals surface area contributed by atoms with Crippen LogP contribution in [-0.2, 0) is 6.54 Å². The fourth-order valence-electron chi connectivity index (χ4n) is 3.30. The second-order valence-corrected chi connectivity index (χ2v) is 6.18. The molecule has 0 radical (unpaired) electrons. The number of rotatable bonds is 3. The topological polar surface area (TPSA) is 74.6 Å². The summed E-state index contributed by atoms with van der Waals surface area (Å²) in [4.78, 5) is 25.2. The molecule has 2 heterocycles. The van der Waals surface area contributed by atoms with Gasteiger partial charge in [0.25, 0.3) is 0 Å². The molecule has 9 heteroatoms. The zero-order valence-electron chi connectivity index (χ0n) is 16.0. The third kappa shape index (κ3) is 3.51. The first-order valence-electron chi connectivity index (χ1n) is 8.11. The number of aromatic nitrogens is 1. The van der Waals surface area contributed by atoms with Crippen molar-refractivity contribution in [1.82, 2.24) is 9.88 Å². The number of carbonyl (C=O) groups is 1. The van der Waals surface area contributed by atoms with Gasteiger partial charge < -0.3 is 21.3 Å². The first-order chi connectivity index (χ1) is 11.8. The second kappa shape index (κ2) is 8.04. The molecule has 1 aromatic carbocycles. The van der Waals surface area contributed by atoms with E-state index in [1.165, 1.54) is 4.57 Å². The van der Waals surface area contributed by atoms with E-state index in [9.17, 15) is 14.0 Å². The normalized spacial score (nSPS) is 17.2. The zero-order chi connectivity index (χ0) is 18.3. The van der Waals surface area contributed by atoms with Crippen molar-refractivity contribution in [2.75, 3.05) is 24.5 Å². The van der Waals surface area contributed by atoms with Gasteiger partial charge in [0.05, 0.1) is 10.9 Å². The van der Waals surface area contributed by atoms with Crippen molar-refractivity contribution in [3.05, 3.63) is 39.7 Å². The van der Waals surface area contributed by atoms with Gasteiger partial charge >= 0.3 is 35.5 Å². The van der Waals surface area contributed by atoms with Crippen LogP contribution in [0, 0.1) is 11.6 Å². The van der Waals surface area contributed by atoms with Crippen molar-refractivity contribution in [3.63, 3.8) is 0 Å². The minimum Gasteiger partial charge on any atom is -1.00 e. The minimum atomic E-state index is -1.42. The summed E-state index contributed by atoms with van der Waals surface area (Å²) in [7, 11) is 0. The van der Waals surface area contributed by atoms with Crippen molar-refractivity contribution >= 4 is 22.6 Å². The Labute approximate surface area is 172 Å². The molecule has 26 heavy (non-hydrogen) atoms. The van der Waals surface area contributed by atoms with Crippen LogP contribution in [0.4, 0.5) is 14.5 Å². The molecular weight excluding hydrogens is 355 g/mol. The number of fused-ring (bicyclic) bond motifs is 1. The van der Waals surface area contributed by atoms with Gasteiger partial charge in [-0.3, -0.25) is 4.79 Å². The Morgan fingerprint density at radius 3 is 2.73 bits per heavy atom. The average Bonchev–Trinajstić information content (AvgIpc) is 2.55. The first-order valence-corrected chi connectivity index (χ1v) is 8.11. The largest absolute Gasteiger partial charge is 1.00 e. The van der Waals surface area contributed by atoms with E-state index in [1.807, 2.05) is 6.92 Å². The molecule has 2 N–H and O–H groups in total. The Balaban J connectivity index is 0.00000182. The second-order valence-electron chi connectivity index (χ2n) is 6.18. The summed E-state index contributed by atoms with van der Waals surface area (Å²) in [5.41, 5.74) is -1.63. The summed E-state index contributed by atoms with van der Waals surface area (Å²) in [6.45, 7) is 5.33. The molecule has 2 aromatic rings. The smallest absolute Gasteiger partial charge is 1.00 e. The van der Waals surface area contributed by atoms with Crippen molar-refractivity contribution in [2.24, 2.45) is 0 Å². The third-order valence-corrected chi connectivity index (χ3v) is 4.49. The predicted octanol–water partition coefficient (Wildman–Crippen LogP) is -1.09. The number of hydrogen-bond acceptors (Lipinski definition) is 4. The molecule has 6 nitrogen and oxygen atoms in total. The van der Waals surface area contributed by atoms with E-state index in [1.54, 1.807) is 11.8 Å². The van der Waals surface area contributed by atoms with E-state index < -0.39 is 28.6 Å². The molecule has 1 saturated heterocycles. The zero-order valence-corrected chi connectivity index (χ0v) is 17.0. The van der Waals surface area contributed by atoms with Gasteiger partial charge in [-0.1, -0.05) is 0 Å². The Kier molecular flexibility index (Phi) is 6.44. The standard InChI is InChI=1S/C17H19F2N3O3.Na.H/c1-3-21-8-11(17(24)25)16(23)10-6-12(18)15(13(19)14(10)21)22-5-4-20-9(2)7-22;;/h6,8-9,20H,3-5,7H2,1-2H3,(H,24,25);;/q;+1;-1. The van der Waals surface area contributed by atoms with Crippen molar-refractivity contribution < 1.29 is 49.7 Å². The summed E-state index contributed by atoms with van der Waals surface area (Å²) in [6, 6.07) is 1.02. The fraction of sp³-hybridized carbons (Fsp3) is 0.412. The number of carboxylic acids is 1. The van der Waals surface area contributed by atoms with E-state index >= 15 is 4.39 Å². The molecule has 136 valence electrons. The molecule has 1 aliphatic heterocycles. The van der Waals surface area contributed by atoms with Crippen LogP contribution < -0.4 is 45.2 Å². The summed E-state index contributed by atoms with van der Waals surface area (Å²) in [5, 5.41) is 12.1. The summed E-state index contributed by atoms with van der Waals surface area (Å²) >= 11 is 0. The van der Waals surface area contributed by atoms with Gasteiger partial charge in [-0.25, -0.2) is 13.6 Å². The Bertz CT molecular complexity index is 923. The third-order valence-electron chi connectivity index (χ3n) is 4.49. The van der Waals surface area contributed by atoms with Crippen LogP contribution in [0.15, 0.2) is 17.1 Å². The Morgan fingerprint density at radius 2 is 2.15 bits per heavy atom. The molecular formula is C17H20F2N3NaO3. The van der Waals surface area contributed by atoms with Crippen LogP contribution in [0.2, 0.25) is 0 Å². The van der Waals surface area contributed by atoms with Crippen LogP contribution in [0.5, 0.6) is 0 Å². The van der Waals surface area contributed by atoms with Crippen molar-refractivity contribution in [1.29, 1.82) is 0 Å². The molecule has 0 saturated carbocycles. The minimum absolute atomic E-state index is 0. The van der Waals surface area contributed by atoms with Gasteiger partial charge in [0.15, 0.2) is 5.82 Å². The van der Waals surface area contributed by atoms with Gasteiger partial charge in [0.1, 0.15) is 17.1 Å². The van der Waals surface area contributed by atoms with Crippen LogP contribution in [0.1, 0.15) is 25.6 Å². The maximum Gasteiger partial charge on any atom is 1.00 e. The Morgan fingerprint density at radius 1 is 1.46 bits per heavy atom. The molecule has 1 atom stereocenters. The summed E-state index contributed by atoms with van der Waals surface area (Å²) in [6.07, 6.45) is 1.11. The molecule has 1 aliphatic rings. The number of aromatic carboxylic acids is 1. The van der Waals surface area contributed by atoms with Crippen LogP contribution in [0.25, 0.3) is 10.9 Å². The van der Waals surface area contributed by atoms with Gasteiger partial charge in [0.2, 0.25) is 5.43 Å². The quantitative estimate of drug-likeness (QED) is 0.668. The van der Waals surface area contributed by atoms with E-state index in [2.05, 4.69) is 5.32 Å². The summed E-state index contributed by atoms with van der Waals surface area (Å²) in [5.74, 6) is -3.11. The van der Waals surface area contributed by atoms with Gasteiger partial charge in [-0.05, 0) is 19.9 Å². The monoisotopic (exact) mass is 375 g/mol. The number of piperazine rings is 1. The fourth-order valence-corrected chi connectivity index (χ4v) is 3.30. The first kappa shape index (κ1) is 20.8. The van der Waals surface area contributed by atoms with E-state index in [-0.39, 0.29) is 60.2 Å². The molecule has 0 bridgehead atoms. The van der Waals surface area contributed by atoms with E-state index in [0.717, 1.165) is 12.3 Å². The van der Waals surface area contributed by atoms with Crippen molar-refractivity contribution in [3.8, 4) is 0 Å². The maximum atomic E-state index is 15.2. The van der Waals surface area contributed by atoms with Gasteiger partial charge in [-0.2, -0.15) is 0 Å². The number of halogens is 2. The molecule has 1 fully saturated rings. The Hall–Kier alpha value is -1.48. The van der Waals surface area contributed by atoms with Crippen LogP contribution in [0.3, 0.4) is 0 Å². The predicted molar refractivity (Wildman–Crippen MR) is 91.5 cm³/mol. The SMILES string of the molecule is CCn1cc(C(=O)O)c(=O)c2cc(F)c(N3CCNC(C)C3)c(F)c21.[H-].[Na+]. The molecule has 0 aliphatic carbocycles. The van der Waals surface area contributed by atoms with E-state index in [0.29, 0.717) is 19.6 Å². The number of nitrogens with one attached hydrogen (secondary N) is 1. The summed E-state index contributed by atoms with van der Waals surface area (Å²) < 4.78 is 31.2. The molecule has 0 spiro atoms. The van der Waals surface area contributed by atoms with Gasteiger partial charge in [-0.15, -0.1) is 0 Å². The number of pyridine rings is 1. The maximum absolute atomic E-state index is 15.2. The van der Waals surface area contributed by atoms with Gasteiger partial charge in [0, 0.05) is 38.4 Å². The molecule has 1 unspecified atom stereocenters. The molecule has 0 amide bonds. The average molecular weight is 375 g/mol. The number of carboxylic acid groups (broad SMARTS) is 1. The van der Waals surface area contributed by atoms with E-state index in [4.69, 9.17) is 5.11 Å². The number of nitrogens with zero attached hydrogens (tertiary/aromatic N) is 2. The van der Waals surface area contributed by atoms with Crippen molar-refractivity contribution in [2.45, 2.75) is 26.4 Å². The number of hydrogen-bond donors (Lipinski definition) is 2. The van der Waals surface area contributed by atoms with Crippen LogP contribution >= 0.6 is 0 Å². The molecule has 1 aromatic heterocycles. The van der Waals surface area contributed by atoms with Crippen LogP contribution in [-0.4, -0.2) is 41.3 Å². The number of aryl methyl sites for hydroxylation is 1. The number of anilines is 1. The number of benzene rings is 1.